The third kappa shape index (κ3) is 3.88. The molecule has 2 aromatic heterocycles. The molecule has 9 heteroatoms. The molecule has 0 radical (unpaired) electrons. The Kier molecular flexibility index (Phi) is 5.32. The van der Waals surface area contributed by atoms with Crippen LogP contribution in [0.3, 0.4) is 0 Å². The van der Waals surface area contributed by atoms with Crippen molar-refractivity contribution in [3.8, 4) is 10.6 Å². The van der Waals surface area contributed by atoms with Crippen molar-refractivity contribution < 1.29 is 4.74 Å². The molecule has 2 saturated heterocycles. The summed E-state index contributed by atoms with van der Waals surface area (Å²) in [6.45, 7) is 5.51. The number of hydrogen-bond donors (Lipinski definition) is 2. The molecule has 30 heavy (non-hydrogen) atoms. The zero-order valence-electron chi connectivity index (χ0n) is 16.9. The van der Waals surface area contributed by atoms with Crippen molar-refractivity contribution in [1.82, 2.24) is 20.3 Å². The second-order valence-electron chi connectivity index (χ2n) is 7.67. The lowest BCUT2D eigenvalue weighted by molar-refractivity contribution is 0.122. The highest BCUT2D eigenvalue weighted by Crippen LogP contribution is 2.33. The summed E-state index contributed by atoms with van der Waals surface area (Å²) in [6, 6.07) is 8.37. The molecule has 0 aliphatic carbocycles. The molecule has 0 spiro atoms. The Balaban J connectivity index is 1.62. The van der Waals surface area contributed by atoms with Gasteiger partial charge in [0.1, 0.15) is 10.6 Å². The summed E-state index contributed by atoms with van der Waals surface area (Å²) in [5, 5.41) is 4.09. The monoisotopic (exact) mass is 424 g/mol. The zero-order valence-corrected chi connectivity index (χ0v) is 17.7. The molecule has 0 amide bonds. The van der Waals surface area contributed by atoms with Crippen LogP contribution in [-0.2, 0) is 4.74 Å². The van der Waals surface area contributed by atoms with Crippen LogP contribution in [0.15, 0.2) is 34.1 Å². The number of aromatic amines is 1. The largest absolute Gasteiger partial charge is 0.378 e. The van der Waals surface area contributed by atoms with E-state index in [1.165, 1.54) is 11.3 Å². The van der Waals surface area contributed by atoms with Crippen LogP contribution in [0.4, 0.5) is 11.8 Å². The van der Waals surface area contributed by atoms with E-state index in [2.05, 4.69) is 17.2 Å². The molecule has 0 unspecified atom stereocenters. The number of nitrogens with one attached hydrogen (secondary N) is 2. The average molecular weight is 425 g/mol. The van der Waals surface area contributed by atoms with Gasteiger partial charge in [-0.1, -0.05) is 12.1 Å². The quantitative estimate of drug-likeness (QED) is 0.671. The van der Waals surface area contributed by atoms with Crippen LogP contribution in [0.25, 0.3) is 20.8 Å². The number of fused-ring (bicyclic) bond motifs is 1. The lowest BCUT2D eigenvalue weighted by Gasteiger charge is -2.27. The van der Waals surface area contributed by atoms with Crippen LogP contribution < -0.4 is 15.8 Å². The predicted octanol–water partition coefficient (Wildman–Crippen LogP) is 2.73. The summed E-state index contributed by atoms with van der Waals surface area (Å²) in [4.78, 5) is 32.5. The molecule has 3 aromatic rings. The number of aromatic nitrogens is 3. The Morgan fingerprint density at radius 2 is 2.07 bits per heavy atom. The van der Waals surface area contributed by atoms with Gasteiger partial charge >= 0.3 is 0 Å². The highest BCUT2D eigenvalue weighted by Gasteiger charge is 2.22. The number of benzene rings is 1. The van der Waals surface area contributed by atoms with E-state index in [1.807, 2.05) is 29.2 Å². The molecule has 4 heterocycles. The van der Waals surface area contributed by atoms with Gasteiger partial charge in [0.2, 0.25) is 5.95 Å². The number of para-hydroxylation sites is 1. The predicted molar refractivity (Wildman–Crippen MR) is 120 cm³/mol. The fraction of sp³-hybridized carbons (Fsp3) is 0.429. The molecule has 2 N–H and O–H groups in total. The van der Waals surface area contributed by atoms with Gasteiger partial charge in [0.25, 0.3) is 5.56 Å². The minimum atomic E-state index is -0.206. The fourth-order valence-corrected chi connectivity index (χ4v) is 4.74. The van der Waals surface area contributed by atoms with E-state index in [0.717, 1.165) is 28.8 Å². The first kappa shape index (κ1) is 19.3. The highest BCUT2D eigenvalue weighted by molar-refractivity contribution is 7.21. The SMILES string of the molecule is C[C@@H]1CC/C(=N/c2nc(N3CCOCC3)[nH]c(=O)c2-c2nc3ccccc3s2)CN1. The summed E-state index contributed by atoms with van der Waals surface area (Å²) < 4.78 is 6.47. The summed E-state index contributed by atoms with van der Waals surface area (Å²) in [5.74, 6) is 0.996. The number of anilines is 1. The molecule has 1 aromatic carbocycles. The molecule has 8 nitrogen and oxygen atoms in total. The van der Waals surface area contributed by atoms with Crippen molar-refractivity contribution in [2.75, 3.05) is 37.7 Å². The molecule has 2 aliphatic heterocycles. The lowest BCUT2D eigenvalue weighted by atomic mass is 10.0. The number of hydrogen-bond acceptors (Lipinski definition) is 8. The second kappa shape index (κ2) is 8.25. The number of nitrogens with zero attached hydrogens (tertiary/aromatic N) is 4. The van der Waals surface area contributed by atoms with Gasteiger partial charge < -0.3 is 15.0 Å². The molecule has 0 bridgehead atoms. The Labute approximate surface area is 178 Å². The van der Waals surface area contributed by atoms with Gasteiger partial charge in [0, 0.05) is 31.4 Å². The van der Waals surface area contributed by atoms with Crippen molar-refractivity contribution in [1.29, 1.82) is 0 Å². The number of aliphatic imine (C=N–C) groups is 1. The van der Waals surface area contributed by atoms with Gasteiger partial charge in [-0.3, -0.25) is 9.78 Å². The first-order chi connectivity index (χ1) is 14.7. The maximum Gasteiger partial charge on any atom is 0.264 e. The Morgan fingerprint density at radius 3 is 2.83 bits per heavy atom. The molecule has 1 atom stereocenters. The van der Waals surface area contributed by atoms with E-state index < -0.39 is 0 Å². The van der Waals surface area contributed by atoms with Gasteiger partial charge in [0.15, 0.2) is 5.82 Å². The number of H-pyrrole nitrogens is 1. The maximum absolute atomic E-state index is 13.2. The molecule has 5 rings (SSSR count). The first-order valence-corrected chi connectivity index (χ1v) is 11.1. The molecular formula is C21H24N6O2S. The molecule has 2 aliphatic rings. The Morgan fingerprint density at radius 1 is 1.23 bits per heavy atom. The highest BCUT2D eigenvalue weighted by atomic mass is 32.1. The van der Waals surface area contributed by atoms with E-state index >= 15 is 0 Å². The number of morpholine rings is 1. The normalized spacial score (nSPS) is 21.4. The standard InChI is InChI=1S/C21H24N6O2S/c1-13-6-7-14(12-22-13)23-18-17(20-24-15-4-2-3-5-16(15)30-20)19(28)26-21(25-18)27-8-10-29-11-9-27/h2-5,13,22H,6-12H2,1H3,(H,25,26,28)/b23-14-/t13-/m1/s1. The van der Waals surface area contributed by atoms with Gasteiger partial charge in [-0.05, 0) is 31.9 Å². The number of ether oxygens (including phenoxy) is 1. The van der Waals surface area contributed by atoms with Crippen molar-refractivity contribution in [2.24, 2.45) is 4.99 Å². The Bertz CT molecular complexity index is 1100. The minimum absolute atomic E-state index is 0.206. The first-order valence-electron chi connectivity index (χ1n) is 10.3. The van der Waals surface area contributed by atoms with Crippen LogP contribution in [0.1, 0.15) is 19.8 Å². The molecule has 156 valence electrons. The van der Waals surface area contributed by atoms with Crippen LogP contribution in [0, 0.1) is 0 Å². The van der Waals surface area contributed by atoms with Crippen molar-refractivity contribution >= 4 is 39.0 Å². The van der Waals surface area contributed by atoms with E-state index in [1.54, 1.807) is 0 Å². The fourth-order valence-electron chi connectivity index (χ4n) is 3.74. The van der Waals surface area contributed by atoms with Gasteiger partial charge in [-0.15, -0.1) is 11.3 Å². The van der Waals surface area contributed by atoms with Gasteiger partial charge in [0.05, 0.1) is 23.4 Å². The van der Waals surface area contributed by atoms with Crippen molar-refractivity contribution in [3.63, 3.8) is 0 Å². The van der Waals surface area contributed by atoms with E-state index in [0.29, 0.717) is 61.2 Å². The molecule has 2 fully saturated rings. The van der Waals surface area contributed by atoms with Crippen LogP contribution in [0.5, 0.6) is 0 Å². The third-order valence-electron chi connectivity index (χ3n) is 5.49. The maximum atomic E-state index is 13.2. The smallest absolute Gasteiger partial charge is 0.264 e. The topological polar surface area (TPSA) is 95.5 Å². The van der Waals surface area contributed by atoms with E-state index in [4.69, 9.17) is 19.7 Å². The average Bonchev–Trinajstić information content (AvgIpc) is 3.19. The van der Waals surface area contributed by atoms with Crippen LogP contribution in [-0.4, -0.2) is 59.6 Å². The van der Waals surface area contributed by atoms with E-state index in [-0.39, 0.29) is 5.56 Å². The lowest BCUT2D eigenvalue weighted by Crippen LogP contribution is -2.38. The summed E-state index contributed by atoms with van der Waals surface area (Å²) >= 11 is 1.49. The minimum Gasteiger partial charge on any atom is -0.378 e. The summed E-state index contributed by atoms with van der Waals surface area (Å²) in [6.07, 6.45) is 1.92. The van der Waals surface area contributed by atoms with Gasteiger partial charge in [-0.2, -0.15) is 4.98 Å². The third-order valence-corrected chi connectivity index (χ3v) is 6.54. The van der Waals surface area contributed by atoms with Gasteiger partial charge in [-0.25, -0.2) is 9.98 Å². The molecule has 0 saturated carbocycles. The second-order valence-corrected chi connectivity index (χ2v) is 8.70. The zero-order chi connectivity index (χ0) is 20.5. The van der Waals surface area contributed by atoms with Crippen molar-refractivity contribution in [2.45, 2.75) is 25.8 Å². The number of piperidine rings is 1. The number of thiazole rings is 1. The summed E-state index contributed by atoms with van der Waals surface area (Å²) in [7, 11) is 0. The molecular weight excluding hydrogens is 400 g/mol. The van der Waals surface area contributed by atoms with E-state index in [9.17, 15) is 4.79 Å². The van der Waals surface area contributed by atoms with Crippen molar-refractivity contribution in [3.05, 3.63) is 34.6 Å². The van der Waals surface area contributed by atoms with Crippen LogP contribution in [0.2, 0.25) is 0 Å². The summed E-state index contributed by atoms with van der Waals surface area (Å²) in [5.41, 5.74) is 2.13. The van der Waals surface area contributed by atoms with Crippen LogP contribution >= 0.6 is 11.3 Å². The Hall–Kier alpha value is -2.62. The number of rotatable bonds is 3.